The molecule has 0 aliphatic carbocycles. The second-order valence-electron chi connectivity index (χ2n) is 5.02. The lowest BCUT2D eigenvalue weighted by molar-refractivity contribution is 0.158. The van der Waals surface area contributed by atoms with Gasteiger partial charge in [-0.05, 0) is 33.7 Å². The molecule has 0 saturated heterocycles. The second-order valence-corrected chi connectivity index (χ2v) is 5.02. The van der Waals surface area contributed by atoms with E-state index in [4.69, 9.17) is 0 Å². The molecular formula is C13H25N3O. The number of hydrogen-bond acceptors (Lipinski definition) is 3. The number of aliphatic hydroxyl groups excluding tert-OH is 1. The Labute approximate surface area is 104 Å². The Morgan fingerprint density at radius 2 is 2.29 bits per heavy atom. The van der Waals surface area contributed by atoms with E-state index in [1.54, 1.807) is 0 Å². The Morgan fingerprint density at radius 1 is 1.59 bits per heavy atom. The summed E-state index contributed by atoms with van der Waals surface area (Å²) in [5, 5.41) is 12.6. The van der Waals surface area contributed by atoms with Gasteiger partial charge in [0.15, 0.2) is 0 Å². The molecule has 2 unspecified atom stereocenters. The molecule has 0 aliphatic heterocycles. The molecule has 0 radical (unpaired) electrons. The summed E-state index contributed by atoms with van der Waals surface area (Å²) in [6.07, 6.45) is 6.88. The van der Waals surface area contributed by atoms with Crippen molar-refractivity contribution in [2.45, 2.75) is 51.6 Å². The zero-order chi connectivity index (χ0) is 12.9. The van der Waals surface area contributed by atoms with E-state index in [-0.39, 0.29) is 12.1 Å². The van der Waals surface area contributed by atoms with Crippen LogP contribution < -0.4 is 5.32 Å². The van der Waals surface area contributed by atoms with Gasteiger partial charge in [0.2, 0.25) is 0 Å². The maximum atomic E-state index is 9.42. The lowest BCUT2D eigenvalue weighted by Gasteiger charge is -2.31. The summed E-state index contributed by atoms with van der Waals surface area (Å²) < 4.78 is 2.22. The Bertz CT molecular complexity index is 331. The largest absolute Gasteiger partial charge is 0.394 e. The van der Waals surface area contributed by atoms with Crippen molar-refractivity contribution < 1.29 is 5.11 Å². The number of aromatic nitrogens is 2. The molecule has 1 heterocycles. The Morgan fingerprint density at radius 3 is 2.82 bits per heavy atom. The predicted octanol–water partition coefficient (Wildman–Crippen LogP) is 1.76. The van der Waals surface area contributed by atoms with Gasteiger partial charge in [-0.1, -0.05) is 6.92 Å². The van der Waals surface area contributed by atoms with Crippen LogP contribution in [-0.2, 0) is 6.42 Å². The smallest absolute Gasteiger partial charge is 0.108 e. The molecule has 0 saturated carbocycles. The van der Waals surface area contributed by atoms with Crippen LogP contribution in [0.15, 0.2) is 12.4 Å². The van der Waals surface area contributed by atoms with Crippen molar-refractivity contribution in [3.8, 4) is 0 Å². The fourth-order valence-electron chi connectivity index (χ4n) is 2.16. The Kier molecular flexibility index (Phi) is 5.15. The third kappa shape index (κ3) is 3.54. The molecule has 0 amide bonds. The summed E-state index contributed by atoms with van der Waals surface area (Å²) >= 11 is 0. The van der Waals surface area contributed by atoms with Crippen LogP contribution in [-0.4, -0.2) is 33.9 Å². The summed E-state index contributed by atoms with van der Waals surface area (Å²) in [5.41, 5.74) is -0.229. The van der Waals surface area contributed by atoms with Crippen molar-refractivity contribution in [1.82, 2.24) is 14.9 Å². The minimum absolute atomic E-state index is 0.144. The standard InChI is InChI=1S/C13H25N3O/c1-5-6-12-15-7-8-16(12)11(2)9-13(3,10-17)14-4/h7-8,11,14,17H,5-6,9-10H2,1-4H3. The molecule has 0 bridgehead atoms. The molecule has 98 valence electrons. The average molecular weight is 239 g/mol. The van der Waals surface area contributed by atoms with Crippen LogP contribution in [0.25, 0.3) is 0 Å². The van der Waals surface area contributed by atoms with Gasteiger partial charge in [-0.3, -0.25) is 0 Å². The lowest BCUT2D eigenvalue weighted by atomic mass is 9.94. The van der Waals surface area contributed by atoms with Gasteiger partial charge >= 0.3 is 0 Å². The molecule has 0 aliphatic rings. The number of aliphatic hydroxyl groups is 1. The van der Waals surface area contributed by atoms with Crippen molar-refractivity contribution >= 4 is 0 Å². The summed E-state index contributed by atoms with van der Waals surface area (Å²) in [5.74, 6) is 1.14. The van der Waals surface area contributed by atoms with Crippen LogP contribution in [0.2, 0.25) is 0 Å². The van der Waals surface area contributed by atoms with E-state index in [0.717, 1.165) is 25.1 Å². The first-order chi connectivity index (χ1) is 8.06. The van der Waals surface area contributed by atoms with E-state index in [0.29, 0.717) is 6.04 Å². The first-order valence-corrected chi connectivity index (χ1v) is 6.37. The van der Waals surface area contributed by atoms with Crippen molar-refractivity contribution in [3.63, 3.8) is 0 Å². The van der Waals surface area contributed by atoms with Gasteiger partial charge in [-0.25, -0.2) is 4.98 Å². The van der Waals surface area contributed by atoms with Crippen molar-refractivity contribution in [2.24, 2.45) is 0 Å². The van der Waals surface area contributed by atoms with Gasteiger partial charge in [-0.2, -0.15) is 0 Å². The number of hydrogen-bond donors (Lipinski definition) is 2. The van der Waals surface area contributed by atoms with E-state index in [1.165, 1.54) is 0 Å². The molecule has 4 nitrogen and oxygen atoms in total. The molecule has 17 heavy (non-hydrogen) atoms. The number of aryl methyl sites for hydroxylation is 1. The van der Waals surface area contributed by atoms with Crippen molar-refractivity contribution in [1.29, 1.82) is 0 Å². The number of likely N-dealkylation sites (N-methyl/N-ethyl adjacent to an activating group) is 1. The zero-order valence-corrected chi connectivity index (χ0v) is 11.4. The number of nitrogens with zero attached hydrogens (tertiary/aromatic N) is 2. The van der Waals surface area contributed by atoms with Gasteiger partial charge in [0, 0.05) is 30.4 Å². The lowest BCUT2D eigenvalue weighted by Crippen LogP contribution is -2.45. The van der Waals surface area contributed by atoms with E-state index in [1.807, 2.05) is 26.4 Å². The molecular weight excluding hydrogens is 214 g/mol. The van der Waals surface area contributed by atoms with Crippen molar-refractivity contribution in [3.05, 3.63) is 18.2 Å². The van der Waals surface area contributed by atoms with E-state index >= 15 is 0 Å². The maximum Gasteiger partial charge on any atom is 0.108 e. The van der Waals surface area contributed by atoms with Crippen LogP contribution in [0.1, 0.15) is 45.5 Å². The molecule has 1 aromatic rings. The highest BCUT2D eigenvalue weighted by atomic mass is 16.3. The molecule has 1 rings (SSSR count). The van der Waals surface area contributed by atoms with Gasteiger partial charge in [0.05, 0.1) is 6.61 Å². The third-order valence-corrected chi connectivity index (χ3v) is 3.40. The Balaban J connectivity index is 2.75. The highest BCUT2D eigenvalue weighted by molar-refractivity contribution is 4.97. The number of nitrogens with one attached hydrogen (secondary N) is 1. The zero-order valence-electron chi connectivity index (χ0n) is 11.4. The monoisotopic (exact) mass is 239 g/mol. The minimum Gasteiger partial charge on any atom is -0.394 e. The first kappa shape index (κ1) is 14.2. The molecule has 0 spiro atoms. The fraction of sp³-hybridized carbons (Fsp3) is 0.769. The van der Waals surface area contributed by atoms with Crippen LogP contribution in [0.4, 0.5) is 0 Å². The molecule has 2 N–H and O–H groups in total. The normalized spacial score (nSPS) is 16.8. The van der Waals surface area contributed by atoms with E-state index in [9.17, 15) is 5.11 Å². The van der Waals surface area contributed by atoms with Crippen LogP contribution in [0, 0.1) is 0 Å². The molecule has 4 heteroatoms. The third-order valence-electron chi connectivity index (χ3n) is 3.40. The van der Waals surface area contributed by atoms with Gasteiger partial charge < -0.3 is 15.0 Å². The SMILES string of the molecule is CCCc1nccn1C(C)CC(C)(CO)NC. The van der Waals surface area contributed by atoms with Crippen LogP contribution in [0.5, 0.6) is 0 Å². The summed E-state index contributed by atoms with van der Waals surface area (Å²) in [6, 6.07) is 0.337. The van der Waals surface area contributed by atoms with E-state index < -0.39 is 0 Å². The number of rotatable bonds is 7. The summed E-state index contributed by atoms with van der Waals surface area (Å²) in [7, 11) is 1.89. The first-order valence-electron chi connectivity index (χ1n) is 6.37. The highest BCUT2D eigenvalue weighted by Gasteiger charge is 2.25. The number of imidazole rings is 1. The van der Waals surface area contributed by atoms with Crippen LogP contribution >= 0.6 is 0 Å². The fourth-order valence-corrected chi connectivity index (χ4v) is 2.16. The predicted molar refractivity (Wildman–Crippen MR) is 70.1 cm³/mol. The summed E-state index contributed by atoms with van der Waals surface area (Å²) in [4.78, 5) is 4.39. The quantitative estimate of drug-likeness (QED) is 0.762. The van der Waals surface area contributed by atoms with Gasteiger partial charge in [-0.15, -0.1) is 0 Å². The average Bonchev–Trinajstić information content (AvgIpc) is 2.77. The second kappa shape index (κ2) is 6.17. The molecule has 0 aromatic carbocycles. The topological polar surface area (TPSA) is 50.1 Å². The van der Waals surface area contributed by atoms with E-state index in [2.05, 4.69) is 28.7 Å². The Hall–Kier alpha value is -0.870. The van der Waals surface area contributed by atoms with Crippen molar-refractivity contribution in [2.75, 3.05) is 13.7 Å². The molecule has 0 fully saturated rings. The minimum atomic E-state index is -0.229. The van der Waals surface area contributed by atoms with Gasteiger partial charge in [0.25, 0.3) is 0 Å². The molecule has 1 aromatic heterocycles. The van der Waals surface area contributed by atoms with Crippen LogP contribution in [0.3, 0.4) is 0 Å². The highest BCUT2D eigenvalue weighted by Crippen LogP contribution is 2.22. The summed E-state index contributed by atoms with van der Waals surface area (Å²) in [6.45, 7) is 6.52. The molecule has 2 atom stereocenters. The maximum absolute atomic E-state index is 9.42. The van der Waals surface area contributed by atoms with Gasteiger partial charge in [0.1, 0.15) is 5.82 Å².